The fraction of sp³-hybridized carbons (Fsp3) is 0.618. The van der Waals surface area contributed by atoms with Crippen LogP contribution in [0.4, 0.5) is 14.8 Å². The van der Waals surface area contributed by atoms with E-state index < -0.39 is 5.60 Å². The normalized spacial score (nSPS) is 18.3. The quantitative estimate of drug-likeness (QED) is 0.0812. The molecule has 4 aliphatic heterocycles. The summed E-state index contributed by atoms with van der Waals surface area (Å²) in [6, 6.07) is 4.66. The van der Waals surface area contributed by atoms with Crippen LogP contribution in [-0.4, -0.2) is 116 Å². The molecule has 3 amide bonds. The Morgan fingerprint density at radius 1 is 0.703 bits per heavy atom. The first-order chi connectivity index (χ1) is 34.8. The van der Waals surface area contributed by atoms with Crippen LogP contribution in [-0.2, 0) is 27.3 Å². The summed E-state index contributed by atoms with van der Waals surface area (Å²) >= 11 is 3.46. The number of nitrogens with zero attached hydrogens (tertiary/aromatic N) is 3. The van der Waals surface area contributed by atoms with Crippen molar-refractivity contribution in [3.05, 3.63) is 98.5 Å². The number of hydrogen-bond acceptors (Lipinski definition) is 13. The average Bonchev–Trinajstić information content (AvgIpc) is 4.17. The number of anilines is 2. The van der Waals surface area contributed by atoms with Gasteiger partial charge in [0, 0.05) is 128 Å². The molecular weight excluding hydrogens is 1000 g/mol. The van der Waals surface area contributed by atoms with Crippen molar-refractivity contribution in [1.29, 1.82) is 0 Å². The zero-order chi connectivity index (χ0) is 52.7. The van der Waals surface area contributed by atoms with Crippen molar-refractivity contribution in [2.24, 2.45) is 0 Å². The Kier molecular flexibility index (Phi) is 20.5. The van der Waals surface area contributed by atoms with Crippen LogP contribution in [0.1, 0.15) is 160 Å². The molecule has 0 aromatic carbocycles. The van der Waals surface area contributed by atoms with E-state index in [1.165, 1.54) is 9.88 Å². The highest BCUT2D eigenvalue weighted by Crippen LogP contribution is 2.45. The van der Waals surface area contributed by atoms with Crippen LogP contribution in [0.3, 0.4) is 0 Å². The molecule has 4 aliphatic rings. The standard InChI is InChI=1S/C30H44N4O5S.C25H36N4O3S.ClH/c1-8-34(22-10-13-38-14-11-22)28-20(4)24(27(36)31-16-23-18(2)15-19(3)32-26(23)35)25(40-28)21-9-12-33(17-21)29(37)39-30(5,6)7;1-5-29(19-7-10-32-11-8-19)25-17(4)21(22(33-25)18-6-9-26-13-18)24(31)27-14-20-15(2)12-16(3)28-23(20)30;/h15,21-22H,8-14,16-17H2,1-7H3,(H,31,36)(H,32,35);12,18-19,26H,5-11,13-14H2,1-4H3,(H,27,31)(H,28,30);1H. The molecule has 4 aromatic heterocycles. The summed E-state index contributed by atoms with van der Waals surface area (Å²) in [4.78, 5) is 79.7. The van der Waals surface area contributed by atoms with E-state index >= 15 is 0 Å². The van der Waals surface area contributed by atoms with E-state index in [2.05, 4.69) is 56.5 Å². The van der Waals surface area contributed by atoms with Gasteiger partial charge in [0.25, 0.3) is 22.9 Å². The Hall–Kier alpha value is -4.72. The molecule has 19 heteroatoms. The third-order valence-electron chi connectivity index (χ3n) is 14.7. The van der Waals surface area contributed by atoms with Crippen molar-refractivity contribution < 1.29 is 28.6 Å². The number of aromatic amines is 2. The highest BCUT2D eigenvalue weighted by molar-refractivity contribution is 7.17. The molecule has 408 valence electrons. The van der Waals surface area contributed by atoms with Gasteiger partial charge >= 0.3 is 6.09 Å². The molecule has 0 bridgehead atoms. The zero-order valence-electron chi connectivity index (χ0n) is 45.5. The average molecular weight is 1080 g/mol. The highest BCUT2D eigenvalue weighted by Gasteiger charge is 2.37. The van der Waals surface area contributed by atoms with Crippen molar-refractivity contribution in [3.63, 3.8) is 0 Å². The van der Waals surface area contributed by atoms with Crippen LogP contribution in [0.2, 0.25) is 0 Å². The lowest BCUT2D eigenvalue weighted by Gasteiger charge is -2.35. The molecule has 0 saturated carbocycles. The summed E-state index contributed by atoms with van der Waals surface area (Å²) in [7, 11) is 0. The third-order valence-corrected chi connectivity index (χ3v) is 17.7. The summed E-state index contributed by atoms with van der Waals surface area (Å²) in [6.45, 7) is 29.7. The lowest BCUT2D eigenvalue weighted by molar-refractivity contribution is 0.0292. The van der Waals surface area contributed by atoms with Crippen LogP contribution < -0.4 is 36.9 Å². The second kappa shape index (κ2) is 25.9. The van der Waals surface area contributed by atoms with Crippen LogP contribution in [0.25, 0.3) is 0 Å². The van der Waals surface area contributed by atoms with Crippen molar-refractivity contribution >= 4 is 63.0 Å². The first-order valence-corrected chi connectivity index (χ1v) is 28.0. The van der Waals surface area contributed by atoms with E-state index in [1.54, 1.807) is 27.6 Å². The van der Waals surface area contributed by atoms with Gasteiger partial charge in [0.15, 0.2) is 0 Å². The second-order valence-electron chi connectivity index (χ2n) is 21.2. The molecule has 2 unspecified atom stereocenters. The maximum atomic E-state index is 13.8. The number of aromatic nitrogens is 2. The van der Waals surface area contributed by atoms with Gasteiger partial charge in [-0.15, -0.1) is 35.1 Å². The molecule has 0 radical (unpaired) electrons. The molecule has 8 rings (SSSR count). The van der Waals surface area contributed by atoms with E-state index in [1.807, 2.05) is 67.5 Å². The number of pyridine rings is 2. The molecule has 8 heterocycles. The van der Waals surface area contributed by atoms with Crippen LogP contribution in [0.15, 0.2) is 21.7 Å². The van der Waals surface area contributed by atoms with Gasteiger partial charge in [0.1, 0.15) is 5.60 Å². The van der Waals surface area contributed by atoms with Gasteiger partial charge in [0.05, 0.1) is 21.1 Å². The number of thiophene rings is 2. The lowest BCUT2D eigenvalue weighted by atomic mass is 9.99. The fourth-order valence-corrected chi connectivity index (χ4v) is 14.1. The van der Waals surface area contributed by atoms with Crippen LogP contribution >= 0.6 is 35.1 Å². The number of hydrogen-bond donors (Lipinski definition) is 5. The van der Waals surface area contributed by atoms with Gasteiger partial charge in [0.2, 0.25) is 0 Å². The molecule has 0 aliphatic carbocycles. The molecule has 16 nitrogen and oxygen atoms in total. The summed E-state index contributed by atoms with van der Waals surface area (Å²) in [6.07, 6.45) is 5.42. The van der Waals surface area contributed by atoms with E-state index in [4.69, 9.17) is 14.2 Å². The summed E-state index contributed by atoms with van der Waals surface area (Å²) in [5, 5.41) is 11.9. The Labute approximate surface area is 451 Å². The number of nitrogens with one attached hydrogen (secondary N) is 5. The van der Waals surface area contributed by atoms with Crippen molar-refractivity contribution in [2.45, 2.75) is 157 Å². The topological polar surface area (TPSA) is 190 Å². The van der Waals surface area contributed by atoms with Gasteiger partial charge in [-0.3, -0.25) is 19.2 Å². The maximum Gasteiger partial charge on any atom is 0.410 e. The maximum absolute atomic E-state index is 13.8. The molecule has 2 atom stereocenters. The van der Waals surface area contributed by atoms with E-state index in [0.717, 1.165) is 140 Å². The number of likely N-dealkylation sites (tertiary alicyclic amines) is 1. The molecule has 4 aromatic rings. The zero-order valence-corrected chi connectivity index (χ0v) is 48.0. The predicted octanol–water partition coefficient (Wildman–Crippen LogP) is 8.82. The number of aryl methyl sites for hydroxylation is 4. The third kappa shape index (κ3) is 13.8. The van der Waals surface area contributed by atoms with Gasteiger partial charge < -0.3 is 54.8 Å². The van der Waals surface area contributed by atoms with Gasteiger partial charge in [-0.25, -0.2) is 4.79 Å². The SMILES string of the molecule is CCN(c1sc(C2CCN(C(=O)OC(C)(C)C)C2)c(C(=O)NCc2c(C)cc(C)[nH]c2=O)c1C)C1CCOCC1.CCN(c1sc(C2CCNC2)c(C(=O)NCc2c(C)cc(C)[nH]c2=O)c1C)C1CCOCC1.Cl. The monoisotopic (exact) mass is 1080 g/mol. The number of halogens is 1. The van der Waals surface area contributed by atoms with Gasteiger partial charge in [-0.1, -0.05) is 0 Å². The predicted molar refractivity (Wildman–Crippen MR) is 300 cm³/mol. The summed E-state index contributed by atoms with van der Waals surface area (Å²) < 4.78 is 16.8. The minimum Gasteiger partial charge on any atom is -0.444 e. The Bertz CT molecular complexity index is 2710. The number of amides is 3. The molecule has 0 spiro atoms. The first-order valence-electron chi connectivity index (χ1n) is 26.4. The minimum absolute atomic E-state index is 0. The Balaban J connectivity index is 0.000000242. The Morgan fingerprint density at radius 2 is 1.15 bits per heavy atom. The second-order valence-corrected chi connectivity index (χ2v) is 23.2. The smallest absolute Gasteiger partial charge is 0.410 e. The first kappa shape index (κ1) is 58.5. The van der Waals surface area contributed by atoms with Crippen LogP contribution in [0.5, 0.6) is 0 Å². The summed E-state index contributed by atoms with van der Waals surface area (Å²) in [5.41, 5.74) is 7.15. The Morgan fingerprint density at radius 3 is 1.54 bits per heavy atom. The van der Waals surface area contributed by atoms with E-state index in [0.29, 0.717) is 47.8 Å². The number of carbonyl (C=O) groups is 3. The molecule has 4 fully saturated rings. The van der Waals surface area contributed by atoms with E-state index in [9.17, 15) is 24.0 Å². The largest absolute Gasteiger partial charge is 0.444 e. The van der Waals surface area contributed by atoms with Crippen LogP contribution in [0, 0.1) is 41.5 Å². The molecule has 5 N–H and O–H groups in total. The van der Waals surface area contributed by atoms with Crippen molar-refractivity contribution in [3.8, 4) is 0 Å². The van der Waals surface area contributed by atoms with E-state index in [-0.39, 0.29) is 60.4 Å². The van der Waals surface area contributed by atoms with Gasteiger partial charge in [-0.05, 0) is 156 Å². The minimum atomic E-state index is -0.565. The highest BCUT2D eigenvalue weighted by atomic mass is 35.5. The summed E-state index contributed by atoms with van der Waals surface area (Å²) in [5.74, 6) is 0.108. The molecule has 4 saturated heterocycles. The van der Waals surface area contributed by atoms with Gasteiger partial charge in [-0.2, -0.15) is 0 Å². The lowest BCUT2D eigenvalue weighted by Crippen LogP contribution is -2.39. The number of ether oxygens (including phenoxy) is 3. The number of H-pyrrole nitrogens is 2. The molecular formula is C55H81ClN8O8S2. The fourth-order valence-electron chi connectivity index (χ4n) is 10.9. The number of rotatable bonds is 14. The number of carbonyl (C=O) groups excluding carboxylic acids is 3. The van der Waals surface area contributed by atoms with Crippen molar-refractivity contribution in [2.75, 3.05) is 75.5 Å². The van der Waals surface area contributed by atoms with Crippen molar-refractivity contribution in [1.82, 2.24) is 30.8 Å². The molecule has 74 heavy (non-hydrogen) atoms.